The number of carboxylic acid groups (broad SMARTS) is 1. The van der Waals surface area contributed by atoms with Crippen molar-refractivity contribution < 1.29 is 9.90 Å². The van der Waals surface area contributed by atoms with Crippen molar-refractivity contribution in [1.29, 1.82) is 5.26 Å². The summed E-state index contributed by atoms with van der Waals surface area (Å²) in [7, 11) is 0. The summed E-state index contributed by atoms with van der Waals surface area (Å²) < 4.78 is 0. The molecule has 0 spiro atoms. The largest absolute Gasteiger partial charge is 0.478 e. The first-order valence-electron chi connectivity index (χ1n) is 7.58. The molecule has 5 heteroatoms. The Morgan fingerprint density at radius 1 is 1.04 bits per heavy atom. The Morgan fingerprint density at radius 3 is 2.24 bits per heavy atom. The fourth-order valence-electron chi connectivity index (χ4n) is 2.78. The van der Waals surface area contributed by atoms with Crippen molar-refractivity contribution in [3.05, 3.63) is 81.8 Å². The Hall–Kier alpha value is -3.65. The predicted molar refractivity (Wildman–Crippen MR) is 94.3 cm³/mol. The first-order valence-corrected chi connectivity index (χ1v) is 7.58. The standard InChI is InChI=1S/C20H14N2O3/c1-12-10-17(18(11-21)19(23)22-12)14-8-6-13(7-9-14)15-4-2-3-5-16(15)20(24)25/h2-10H,1H3,(H,22,23)(H,24,25). The summed E-state index contributed by atoms with van der Waals surface area (Å²) in [6, 6.07) is 17.6. The molecule has 3 aromatic rings. The normalized spacial score (nSPS) is 10.2. The van der Waals surface area contributed by atoms with Crippen LogP contribution in [0.4, 0.5) is 0 Å². The summed E-state index contributed by atoms with van der Waals surface area (Å²) in [6.07, 6.45) is 0. The monoisotopic (exact) mass is 330 g/mol. The zero-order chi connectivity index (χ0) is 18.0. The van der Waals surface area contributed by atoms with Crippen LogP contribution < -0.4 is 5.56 Å². The second-order valence-corrected chi connectivity index (χ2v) is 5.61. The van der Waals surface area contributed by atoms with Gasteiger partial charge in [-0.25, -0.2) is 4.79 Å². The molecule has 25 heavy (non-hydrogen) atoms. The maximum absolute atomic E-state index is 11.9. The molecule has 1 heterocycles. The molecule has 0 fully saturated rings. The highest BCUT2D eigenvalue weighted by Gasteiger charge is 2.13. The molecular formula is C20H14N2O3. The van der Waals surface area contributed by atoms with Crippen molar-refractivity contribution in [2.24, 2.45) is 0 Å². The van der Waals surface area contributed by atoms with E-state index in [1.54, 1.807) is 61.5 Å². The highest BCUT2D eigenvalue weighted by atomic mass is 16.4. The van der Waals surface area contributed by atoms with E-state index in [0.29, 0.717) is 16.8 Å². The van der Waals surface area contributed by atoms with Crippen LogP contribution in [0, 0.1) is 18.3 Å². The number of H-pyrrole nitrogens is 1. The topological polar surface area (TPSA) is 93.9 Å². The number of nitriles is 1. The minimum Gasteiger partial charge on any atom is -0.478 e. The lowest BCUT2D eigenvalue weighted by molar-refractivity contribution is 0.0697. The van der Waals surface area contributed by atoms with Gasteiger partial charge in [-0.15, -0.1) is 0 Å². The zero-order valence-corrected chi connectivity index (χ0v) is 13.4. The number of rotatable bonds is 3. The van der Waals surface area contributed by atoms with Crippen LogP contribution >= 0.6 is 0 Å². The number of carbonyl (C=O) groups is 1. The Morgan fingerprint density at radius 2 is 1.64 bits per heavy atom. The number of nitrogens with zero attached hydrogens (tertiary/aromatic N) is 1. The van der Waals surface area contributed by atoms with Gasteiger partial charge >= 0.3 is 5.97 Å². The zero-order valence-electron chi connectivity index (χ0n) is 13.4. The van der Waals surface area contributed by atoms with E-state index >= 15 is 0 Å². The van der Waals surface area contributed by atoms with Crippen LogP contribution in [0.2, 0.25) is 0 Å². The van der Waals surface area contributed by atoms with Crippen LogP contribution in [-0.2, 0) is 0 Å². The summed E-state index contributed by atoms with van der Waals surface area (Å²) in [5.74, 6) is -0.989. The molecule has 0 radical (unpaired) electrons. The quantitative estimate of drug-likeness (QED) is 0.767. The molecule has 0 saturated carbocycles. The molecule has 0 aliphatic heterocycles. The molecular weight excluding hydrogens is 316 g/mol. The molecule has 2 N–H and O–H groups in total. The number of aryl methyl sites for hydroxylation is 1. The van der Waals surface area contributed by atoms with E-state index in [1.807, 2.05) is 6.07 Å². The van der Waals surface area contributed by atoms with Crippen LogP contribution in [-0.4, -0.2) is 16.1 Å². The molecule has 0 amide bonds. The molecule has 0 atom stereocenters. The van der Waals surface area contributed by atoms with Gasteiger partial charge in [0, 0.05) is 11.3 Å². The second kappa shape index (κ2) is 6.46. The Bertz CT molecular complexity index is 1060. The second-order valence-electron chi connectivity index (χ2n) is 5.61. The Labute approximate surface area is 143 Å². The van der Waals surface area contributed by atoms with Crippen molar-refractivity contribution in [2.45, 2.75) is 6.92 Å². The molecule has 3 rings (SSSR count). The summed E-state index contributed by atoms with van der Waals surface area (Å²) in [5, 5.41) is 18.6. The smallest absolute Gasteiger partial charge is 0.336 e. The van der Waals surface area contributed by atoms with Crippen molar-refractivity contribution in [2.75, 3.05) is 0 Å². The van der Waals surface area contributed by atoms with E-state index in [2.05, 4.69) is 4.98 Å². The third-order valence-electron chi connectivity index (χ3n) is 3.94. The van der Waals surface area contributed by atoms with E-state index < -0.39 is 11.5 Å². The minimum atomic E-state index is -0.989. The molecule has 2 aromatic carbocycles. The lowest BCUT2D eigenvalue weighted by atomic mass is 9.95. The van der Waals surface area contributed by atoms with Gasteiger partial charge in [0.05, 0.1) is 5.56 Å². The predicted octanol–water partition coefficient (Wildman–Crippen LogP) is 3.59. The lowest BCUT2D eigenvalue weighted by Gasteiger charge is -2.09. The van der Waals surface area contributed by atoms with Crippen LogP contribution in [0.5, 0.6) is 0 Å². The van der Waals surface area contributed by atoms with E-state index in [4.69, 9.17) is 0 Å². The first-order chi connectivity index (χ1) is 12.0. The summed E-state index contributed by atoms with van der Waals surface area (Å²) in [4.78, 5) is 25.9. The van der Waals surface area contributed by atoms with Crippen LogP contribution in [0.15, 0.2) is 59.4 Å². The summed E-state index contributed by atoms with van der Waals surface area (Å²) in [5.41, 5.74) is 3.18. The average molecular weight is 330 g/mol. The molecule has 0 unspecified atom stereocenters. The summed E-state index contributed by atoms with van der Waals surface area (Å²) >= 11 is 0. The Balaban J connectivity index is 2.10. The maximum Gasteiger partial charge on any atom is 0.336 e. The van der Waals surface area contributed by atoms with Crippen LogP contribution in [0.1, 0.15) is 21.6 Å². The van der Waals surface area contributed by atoms with Gasteiger partial charge in [0.25, 0.3) is 5.56 Å². The van der Waals surface area contributed by atoms with Gasteiger partial charge in [-0.3, -0.25) is 4.79 Å². The third kappa shape index (κ3) is 3.06. The van der Waals surface area contributed by atoms with Crippen LogP contribution in [0.3, 0.4) is 0 Å². The number of nitrogens with one attached hydrogen (secondary N) is 1. The van der Waals surface area contributed by atoms with Gasteiger partial charge in [-0.05, 0) is 35.7 Å². The number of aromatic carboxylic acids is 1. The lowest BCUT2D eigenvalue weighted by Crippen LogP contribution is -2.12. The maximum atomic E-state index is 11.9. The molecule has 1 aromatic heterocycles. The number of pyridine rings is 1. The fraction of sp³-hybridized carbons (Fsp3) is 0.0500. The first kappa shape index (κ1) is 16.2. The molecule has 0 saturated heterocycles. The molecule has 0 aliphatic carbocycles. The summed E-state index contributed by atoms with van der Waals surface area (Å²) in [6.45, 7) is 1.75. The number of hydrogen-bond acceptors (Lipinski definition) is 3. The number of carboxylic acids is 1. The van der Waals surface area contributed by atoms with Gasteiger partial charge in [-0.1, -0.05) is 42.5 Å². The fourth-order valence-corrected chi connectivity index (χ4v) is 2.78. The number of hydrogen-bond donors (Lipinski definition) is 2. The highest BCUT2D eigenvalue weighted by molar-refractivity contribution is 5.96. The molecule has 122 valence electrons. The van der Waals surface area contributed by atoms with Crippen molar-refractivity contribution in [3.63, 3.8) is 0 Å². The molecule has 0 aliphatic rings. The number of aromatic nitrogens is 1. The van der Waals surface area contributed by atoms with E-state index in [0.717, 1.165) is 11.1 Å². The van der Waals surface area contributed by atoms with E-state index in [9.17, 15) is 20.0 Å². The van der Waals surface area contributed by atoms with Gasteiger partial charge < -0.3 is 10.1 Å². The van der Waals surface area contributed by atoms with Gasteiger partial charge in [0.1, 0.15) is 11.6 Å². The van der Waals surface area contributed by atoms with E-state index in [1.165, 1.54) is 0 Å². The van der Waals surface area contributed by atoms with Gasteiger partial charge in [-0.2, -0.15) is 5.26 Å². The third-order valence-corrected chi connectivity index (χ3v) is 3.94. The highest BCUT2D eigenvalue weighted by Crippen LogP contribution is 2.28. The average Bonchev–Trinajstić information content (AvgIpc) is 2.61. The van der Waals surface area contributed by atoms with Crippen molar-refractivity contribution in [1.82, 2.24) is 4.98 Å². The van der Waals surface area contributed by atoms with Gasteiger partial charge in [0.15, 0.2) is 0 Å². The Kier molecular flexibility index (Phi) is 4.19. The molecule has 5 nitrogen and oxygen atoms in total. The van der Waals surface area contributed by atoms with Crippen LogP contribution in [0.25, 0.3) is 22.3 Å². The number of aromatic amines is 1. The van der Waals surface area contributed by atoms with Crippen molar-refractivity contribution in [3.8, 4) is 28.3 Å². The van der Waals surface area contributed by atoms with Gasteiger partial charge in [0.2, 0.25) is 0 Å². The van der Waals surface area contributed by atoms with E-state index in [-0.39, 0.29) is 11.1 Å². The van der Waals surface area contributed by atoms with Crippen molar-refractivity contribution >= 4 is 5.97 Å². The minimum absolute atomic E-state index is 0.0595. The number of benzene rings is 2. The SMILES string of the molecule is Cc1cc(-c2ccc(-c3ccccc3C(=O)O)cc2)c(C#N)c(=O)[nH]1. The molecule has 0 bridgehead atoms.